The molecule has 6 nitrogen and oxygen atoms in total. The van der Waals surface area contributed by atoms with Gasteiger partial charge in [0, 0.05) is 31.1 Å². The number of benzene rings is 2. The van der Waals surface area contributed by atoms with Crippen molar-refractivity contribution >= 4 is 39.9 Å². The first-order valence-electron chi connectivity index (χ1n) is 9.11. The highest BCUT2D eigenvalue weighted by atomic mass is 32.1. The molecule has 0 fully saturated rings. The minimum absolute atomic E-state index is 0.214. The Morgan fingerprint density at radius 1 is 0.966 bits per heavy atom. The van der Waals surface area contributed by atoms with E-state index >= 15 is 0 Å². The fourth-order valence-electron chi connectivity index (χ4n) is 3.31. The summed E-state index contributed by atoms with van der Waals surface area (Å²) < 4.78 is 13.2. The van der Waals surface area contributed by atoms with Gasteiger partial charge in [-0.1, -0.05) is 12.1 Å². The molecule has 0 saturated heterocycles. The van der Waals surface area contributed by atoms with Crippen LogP contribution in [-0.4, -0.2) is 41.0 Å². The van der Waals surface area contributed by atoms with E-state index in [2.05, 4.69) is 4.98 Å². The Morgan fingerprint density at radius 2 is 1.66 bits per heavy atom. The predicted molar refractivity (Wildman–Crippen MR) is 112 cm³/mol. The number of amides is 1. The molecule has 0 spiro atoms. The van der Waals surface area contributed by atoms with Crippen molar-refractivity contribution in [1.29, 1.82) is 0 Å². The van der Waals surface area contributed by atoms with Crippen molar-refractivity contribution in [1.82, 2.24) is 15.0 Å². The van der Waals surface area contributed by atoms with E-state index in [4.69, 9.17) is 9.97 Å². The molecule has 4 aromatic rings. The SMILES string of the molecule is CN1CCN(C(=O)c2csc(-c3ccc(F)cc3)n2)c2nc3ccccc3nc21. The van der Waals surface area contributed by atoms with Crippen molar-refractivity contribution < 1.29 is 9.18 Å². The lowest BCUT2D eigenvalue weighted by molar-refractivity contribution is 0.0982. The van der Waals surface area contributed by atoms with Crippen LogP contribution >= 0.6 is 11.3 Å². The molecule has 1 aliphatic rings. The largest absolute Gasteiger partial charge is 0.355 e. The number of nitrogens with zero attached hydrogens (tertiary/aromatic N) is 5. The molecule has 0 N–H and O–H groups in total. The zero-order valence-corrected chi connectivity index (χ0v) is 16.4. The number of para-hydroxylation sites is 2. The first-order chi connectivity index (χ1) is 14.1. The quantitative estimate of drug-likeness (QED) is 0.505. The molecule has 8 heteroatoms. The zero-order valence-electron chi connectivity index (χ0n) is 15.5. The Morgan fingerprint density at radius 3 is 2.38 bits per heavy atom. The van der Waals surface area contributed by atoms with Crippen LogP contribution in [0.3, 0.4) is 0 Å². The van der Waals surface area contributed by atoms with E-state index in [9.17, 15) is 9.18 Å². The zero-order chi connectivity index (χ0) is 20.0. The van der Waals surface area contributed by atoms with Crippen molar-refractivity contribution in [3.05, 3.63) is 65.4 Å². The van der Waals surface area contributed by atoms with Gasteiger partial charge < -0.3 is 4.90 Å². The number of halogens is 1. The molecule has 1 aliphatic heterocycles. The van der Waals surface area contributed by atoms with Crippen LogP contribution in [0.5, 0.6) is 0 Å². The molecule has 2 aromatic carbocycles. The van der Waals surface area contributed by atoms with E-state index in [0.717, 1.165) is 16.6 Å². The van der Waals surface area contributed by atoms with Crippen LogP contribution in [-0.2, 0) is 0 Å². The van der Waals surface area contributed by atoms with Crippen molar-refractivity contribution in [2.75, 3.05) is 29.9 Å². The molecule has 0 radical (unpaired) electrons. The molecule has 0 bridgehead atoms. The van der Waals surface area contributed by atoms with Crippen molar-refractivity contribution in [3.8, 4) is 10.6 Å². The van der Waals surface area contributed by atoms with E-state index in [1.807, 2.05) is 36.2 Å². The number of likely N-dealkylation sites (N-methyl/N-ethyl adjacent to an activating group) is 1. The number of hydrogen-bond donors (Lipinski definition) is 0. The van der Waals surface area contributed by atoms with Crippen molar-refractivity contribution in [2.24, 2.45) is 0 Å². The van der Waals surface area contributed by atoms with Gasteiger partial charge in [-0.3, -0.25) is 9.69 Å². The van der Waals surface area contributed by atoms with Gasteiger partial charge >= 0.3 is 0 Å². The lowest BCUT2D eigenvalue weighted by Gasteiger charge is -2.33. The highest BCUT2D eigenvalue weighted by Gasteiger charge is 2.30. The average Bonchev–Trinajstić information content (AvgIpc) is 3.23. The molecule has 5 rings (SSSR count). The maximum atomic E-state index is 13.2. The Labute approximate surface area is 170 Å². The van der Waals surface area contributed by atoms with E-state index in [1.54, 1.807) is 22.4 Å². The molecular weight excluding hydrogens is 389 g/mol. The molecule has 0 saturated carbocycles. The van der Waals surface area contributed by atoms with Gasteiger partial charge in [-0.05, 0) is 36.4 Å². The van der Waals surface area contributed by atoms with Gasteiger partial charge in [0.15, 0.2) is 11.6 Å². The van der Waals surface area contributed by atoms with Gasteiger partial charge in [-0.25, -0.2) is 19.3 Å². The van der Waals surface area contributed by atoms with Crippen molar-refractivity contribution in [3.63, 3.8) is 0 Å². The summed E-state index contributed by atoms with van der Waals surface area (Å²) >= 11 is 1.36. The van der Waals surface area contributed by atoms with E-state index in [-0.39, 0.29) is 11.7 Å². The average molecular weight is 405 g/mol. The van der Waals surface area contributed by atoms with Crippen LogP contribution in [0.15, 0.2) is 53.9 Å². The fraction of sp³-hybridized carbons (Fsp3) is 0.143. The number of carbonyl (C=O) groups is 1. The summed E-state index contributed by atoms with van der Waals surface area (Å²) in [4.78, 5) is 30.8. The number of carbonyl (C=O) groups excluding carboxylic acids is 1. The molecule has 0 aliphatic carbocycles. The van der Waals surface area contributed by atoms with Gasteiger partial charge in [0.2, 0.25) is 0 Å². The Bertz CT molecular complexity index is 1220. The second-order valence-corrected chi connectivity index (χ2v) is 7.64. The van der Waals surface area contributed by atoms with E-state index in [0.29, 0.717) is 35.4 Å². The molecular formula is C21H16FN5OS. The summed E-state index contributed by atoms with van der Waals surface area (Å²) in [7, 11) is 1.94. The van der Waals surface area contributed by atoms with Crippen LogP contribution in [0.4, 0.5) is 16.0 Å². The molecule has 2 aromatic heterocycles. The Hall–Kier alpha value is -3.39. The van der Waals surface area contributed by atoms with Gasteiger partial charge in [-0.2, -0.15) is 0 Å². The number of rotatable bonds is 2. The molecule has 3 heterocycles. The number of anilines is 2. The Kier molecular flexibility index (Phi) is 4.21. The third kappa shape index (κ3) is 3.11. The third-order valence-corrected chi connectivity index (χ3v) is 5.76. The number of hydrogen-bond acceptors (Lipinski definition) is 6. The lowest BCUT2D eigenvalue weighted by Crippen LogP contribution is -2.44. The second-order valence-electron chi connectivity index (χ2n) is 6.78. The molecule has 0 unspecified atom stereocenters. The van der Waals surface area contributed by atoms with Gasteiger partial charge in [0.25, 0.3) is 5.91 Å². The maximum Gasteiger partial charge on any atom is 0.279 e. The highest BCUT2D eigenvalue weighted by molar-refractivity contribution is 7.13. The molecule has 0 atom stereocenters. The monoisotopic (exact) mass is 405 g/mol. The first kappa shape index (κ1) is 17.7. The first-order valence-corrected chi connectivity index (χ1v) is 9.99. The fourth-order valence-corrected chi connectivity index (χ4v) is 4.11. The summed E-state index contributed by atoms with van der Waals surface area (Å²) in [6, 6.07) is 13.7. The standard InChI is InChI=1S/C21H16FN5OS/c1-26-10-11-27(19-18(26)23-15-4-2-3-5-16(15)24-19)21(28)17-12-29-20(25-17)13-6-8-14(22)9-7-13/h2-9,12H,10-11H2,1H3. The number of thiazole rings is 1. The lowest BCUT2D eigenvalue weighted by atomic mass is 10.2. The minimum Gasteiger partial charge on any atom is -0.355 e. The summed E-state index contributed by atoms with van der Waals surface area (Å²) in [5, 5.41) is 2.40. The molecule has 1 amide bonds. The normalized spacial score (nSPS) is 13.6. The van der Waals surface area contributed by atoms with Crippen molar-refractivity contribution in [2.45, 2.75) is 0 Å². The smallest absolute Gasteiger partial charge is 0.279 e. The maximum absolute atomic E-state index is 13.2. The van der Waals surface area contributed by atoms with E-state index < -0.39 is 0 Å². The van der Waals surface area contributed by atoms with Gasteiger partial charge in [-0.15, -0.1) is 11.3 Å². The van der Waals surface area contributed by atoms with Crippen LogP contribution in [0, 0.1) is 5.82 Å². The molecule has 144 valence electrons. The topological polar surface area (TPSA) is 62.2 Å². The van der Waals surface area contributed by atoms with Crippen LogP contribution in [0.2, 0.25) is 0 Å². The number of fused-ring (bicyclic) bond motifs is 2. The van der Waals surface area contributed by atoms with Gasteiger partial charge in [0.05, 0.1) is 11.0 Å². The predicted octanol–water partition coefficient (Wildman–Crippen LogP) is 3.99. The summed E-state index contributed by atoms with van der Waals surface area (Å²) in [5.74, 6) is 0.700. The second kappa shape index (κ2) is 6.89. The van der Waals surface area contributed by atoms with Gasteiger partial charge in [0.1, 0.15) is 16.5 Å². The van der Waals surface area contributed by atoms with Crippen LogP contribution in [0.1, 0.15) is 10.5 Å². The van der Waals surface area contributed by atoms with Crippen LogP contribution in [0.25, 0.3) is 21.6 Å². The Balaban J connectivity index is 1.52. The van der Waals surface area contributed by atoms with Crippen LogP contribution < -0.4 is 9.80 Å². The highest BCUT2D eigenvalue weighted by Crippen LogP contribution is 2.32. The third-order valence-electron chi connectivity index (χ3n) is 4.87. The summed E-state index contributed by atoms with van der Waals surface area (Å²) in [5.41, 5.74) is 2.66. The summed E-state index contributed by atoms with van der Waals surface area (Å²) in [6.07, 6.45) is 0. The van der Waals surface area contributed by atoms with E-state index in [1.165, 1.54) is 23.5 Å². The summed E-state index contributed by atoms with van der Waals surface area (Å²) in [6.45, 7) is 1.15. The molecule has 29 heavy (non-hydrogen) atoms. The number of aromatic nitrogens is 3. The minimum atomic E-state index is -0.304.